The van der Waals surface area contributed by atoms with Gasteiger partial charge in [0.05, 0.1) is 0 Å². The van der Waals surface area contributed by atoms with Crippen LogP contribution in [0.15, 0.2) is 48.5 Å². The topological polar surface area (TPSA) is 41.6 Å². The molecule has 134 valence electrons. The molecule has 25 heavy (non-hydrogen) atoms. The van der Waals surface area contributed by atoms with Crippen molar-refractivity contribution < 1.29 is 13.9 Å². The fourth-order valence-corrected chi connectivity index (χ4v) is 2.63. The van der Waals surface area contributed by atoms with E-state index in [0.717, 1.165) is 0 Å². The highest BCUT2D eigenvalue weighted by molar-refractivity contribution is 5.94. The molecule has 0 aliphatic heterocycles. The summed E-state index contributed by atoms with van der Waals surface area (Å²) in [4.78, 5) is 14.4. The highest BCUT2D eigenvalue weighted by atomic mass is 19.1. The molecule has 0 saturated heterocycles. The summed E-state index contributed by atoms with van der Waals surface area (Å²) in [5, 5.41) is 2.97. The van der Waals surface area contributed by atoms with Crippen molar-refractivity contribution in [3.05, 3.63) is 59.9 Å². The minimum Gasteiger partial charge on any atom is -0.457 e. The van der Waals surface area contributed by atoms with Crippen LogP contribution in [0.2, 0.25) is 0 Å². The van der Waals surface area contributed by atoms with Gasteiger partial charge in [0.25, 0.3) is 5.91 Å². The van der Waals surface area contributed by atoms with E-state index >= 15 is 0 Å². The minimum atomic E-state index is -0.309. The van der Waals surface area contributed by atoms with Gasteiger partial charge in [-0.3, -0.25) is 4.79 Å². The third kappa shape index (κ3) is 5.57. The van der Waals surface area contributed by atoms with E-state index in [9.17, 15) is 9.18 Å². The Morgan fingerprint density at radius 2 is 1.56 bits per heavy atom. The third-order valence-corrected chi connectivity index (χ3v) is 4.07. The van der Waals surface area contributed by atoms with Gasteiger partial charge in [-0.1, -0.05) is 13.8 Å². The van der Waals surface area contributed by atoms with Crippen LogP contribution in [-0.2, 0) is 0 Å². The summed E-state index contributed by atoms with van der Waals surface area (Å²) >= 11 is 0. The first-order valence-electron chi connectivity index (χ1n) is 8.35. The first-order chi connectivity index (χ1) is 11.9. The van der Waals surface area contributed by atoms with Crippen molar-refractivity contribution >= 4 is 5.91 Å². The van der Waals surface area contributed by atoms with Gasteiger partial charge in [0.2, 0.25) is 0 Å². The van der Waals surface area contributed by atoms with E-state index in [4.69, 9.17) is 4.74 Å². The lowest BCUT2D eigenvalue weighted by Crippen LogP contribution is -2.43. The SMILES string of the molecule is CC(C)C(CNC(=O)c1ccc(Oc2ccc(F)cc2)cc1)N(C)C. The van der Waals surface area contributed by atoms with Crippen molar-refractivity contribution in [3.8, 4) is 11.5 Å². The molecular weight excluding hydrogens is 319 g/mol. The lowest BCUT2D eigenvalue weighted by Gasteiger charge is -2.28. The molecule has 2 rings (SSSR count). The number of likely N-dealkylation sites (N-methyl/N-ethyl adjacent to an activating group) is 1. The largest absolute Gasteiger partial charge is 0.457 e. The Hall–Kier alpha value is -2.40. The Morgan fingerprint density at radius 3 is 2.04 bits per heavy atom. The molecule has 0 heterocycles. The molecule has 4 nitrogen and oxygen atoms in total. The number of nitrogens with zero attached hydrogens (tertiary/aromatic N) is 1. The molecule has 0 bridgehead atoms. The van der Waals surface area contributed by atoms with Crippen molar-refractivity contribution in [2.75, 3.05) is 20.6 Å². The van der Waals surface area contributed by atoms with Crippen molar-refractivity contribution in [3.63, 3.8) is 0 Å². The maximum Gasteiger partial charge on any atom is 0.251 e. The highest BCUT2D eigenvalue weighted by Crippen LogP contribution is 2.21. The van der Waals surface area contributed by atoms with E-state index in [2.05, 4.69) is 24.1 Å². The van der Waals surface area contributed by atoms with Crippen LogP contribution in [-0.4, -0.2) is 37.5 Å². The van der Waals surface area contributed by atoms with Crippen molar-refractivity contribution in [2.45, 2.75) is 19.9 Å². The first kappa shape index (κ1) is 18.9. The van der Waals surface area contributed by atoms with E-state index in [-0.39, 0.29) is 17.8 Å². The Morgan fingerprint density at radius 1 is 1.04 bits per heavy atom. The number of carbonyl (C=O) groups excluding carboxylic acids is 1. The van der Waals surface area contributed by atoms with Crippen LogP contribution < -0.4 is 10.1 Å². The zero-order valence-corrected chi connectivity index (χ0v) is 15.1. The van der Waals surface area contributed by atoms with E-state index < -0.39 is 0 Å². The molecule has 1 atom stereocenters. The lowest BCUT2D eigenvalue weighted by molar-refractivity contribution is 0.0934. The van der Waals surface area contributed by atoms with E-state index in [0.29, 0.717) is 29.5 Å². The first-order valence-corrected chi connectivity index (χ1v) is 8.35. The Bertz CT molecular complexity index is 674. The van der Waals surface area contributed by atoms with Gasteiger partial charge in [0.1, 0.15) is 17.3 Å². The van der Waals surface area contributed by atoms with Crippen molar-refractivity contribution in [1.82, 2.24) is 10.2 Å². The minimum absolute atomic E-state index is 0.110. The number of rotatable bonds is 7. The summed E-state index contributed by atoms with van der Waals surface area (Å²) in [5.74, 6) is 1.17. The fourth-order valence-electron chi connectivity index (χ4n) is 2.63. The maximum absolute atomic E-state index is 12.9. The lowest BCUT2D eigenvalue weighted by atomic mass is 10.0. The van der Waals surface area contributed by atoms with Crippen LogP contribution in [0.1, 0.15) is 24.2 Å². The standard InChI is InChI=1S/C20H25FN2O2/c1-14(2)19(23(3)4)13-22-20(24)15-5-9-17(10-6-15)25-18-11-7-16(21)8-12-18/h5-12,14,19H,13H2,1-4H3,(H,22,24). The molecule has 0 saturated carbocycles. The third-order valence-electron chi connectivity index (χ3n) is 4.07. The summed E-state index contributed by atoms with van der Waals surface area (Å²) in [6, 6.07) is 13.0. The Balaban J connectivity index is 1.94. The second-order valence-corrected chi connectivity index (χ2v) is 6.57. The molecule has 0 aliphatic rings. The molecule has 2 aromatic rings. The predicted octanol–water partition coefficient (Wildman–Crippen LogP) is 3.93. The number of hydrogen-bond donors (Lipinski definition) is 1. The average Bonchev–Trinajstić information content (AvgIpc) is 2.57. The Labute approximate surface area is 148 Å². The monoisotopic (exact) mass is 344 g/mol. The molecule has 1 amide bonds. The molecule has 1 N–H and O–H groups in total. The van der Waals surface area contributed by atoms with Gasteiger partial charge < -0.3 is 15.0 Å². The average molecular weight is 344 g/mol. The molecule has 0 aromatic heterocycles. The van der Waals surface area contributed by atoms with Gasteiger partial charge in [0.15, 0.2) is 0 Å². The van der Waals surface area contributed by atoms with Crippen LogP contribution >= 0.6 is 0 Å². The number of amides is 1. The van der Waals surface area contributed by atoms with E-state index in [1.807, 2.05) is 14.1 Å². The van der Waals surface area contributed by atoms with E-state index in [1.165, 1.54) is 12.1 Å². The van der Waals surface area contributed by atoms with Crippen LogP contribution in [0.5, 0.6) is 11.5 Å². The number of ether oxygens (including phenoxy) is 1. The van der Waals surface area contributed by atoms with Gasteiger partial charge in [0, 0.05) is 18.2 Å². The Kier molecular flexibility index (Phi) is 6.53. The number of carbonyl (C=O) groups is 1. The maximum atomic E-state index is 12.9. The summed E-state index contributed by atoms with van der Waals surface area (Å²) < 4.78 is 18.5. The van der Waals surface area contributed by atoms with Gasteiger partial charge >= 0.3 is 0 Å². The summed E-state index contributed by atoms with van der Waals surface area (Å²) in [6.07, 6.45) is 0. The molecule has 1 unspecified atom stereocenters. The normalized spacial score (nSPS) is 12.3. The number of benzene rings is 2. The van der Waals surface area contributed by atoms with Crippen LogP contribution in [0, 0.1) is 11.7 Å². The van der Waals surface area contributed by atoms with Crippen LogP contribution in [0.3, 0.4) is 0 Å². The second-order valence-electron chi connectivity index (χ2n) is 6.57. The van der Waals surface area contributed by atoms with Crippen LogP contribution in [0.4, 0.5) is 4.39 Å². The van der Waals surface area contributed by atoms with Crippen molar-refractivity contribution in [2.24, 2.45) is 5.92 Å². The van der Waals surface area contributed by atoms with Gasteiger partial charge in [-0.15, -0.1) is 0 Å². The number of nitrogens with one attached hydrogen (secondary N) is 1. The highest BCUT2D eigenvalue weighted by Gasteiger charge is 2.17. The number of halogens is 1. The van der Waals surface area contributed by atoms with Crippen molar-refractivity contribution in [1.29, 1.82) is 0 Å². The summed E-state index contributed by atoms with van der Waals surface area (Å²) in [6.45, 7) is 4.87. The second kappa shape index (κ2) is 8.62. The zero-order chi connectivity index (χ0) is 18.4. The molecule has 0 spiro atoms. The predicted molar refractivity (Wildman–Crippen MR) is 97.6 cm³/mol. The van der Waals surface area contributed by atoms with E-state index in [1.54, 1.807) is 36.4 Å². The summed E-state index contributed by atoms with van der Waals surface area (Å²) in [5.41, 5.74) is 0.577. The number of hydrogen-bond acceptors (Lipinski definition) is 3. The van der Waals surface area contributed by atoms with Crippen LogP contribution in [0.25, 0.3) is 0 Å². The van der Waals surface area contributed by atoms with Gasteiger partial charge in [-0.2, -0.15) is 0 Å². The molecule has 5 heteroatoms. The van der Waals surface area contributed by atoms with Gasteiger partial charge in [-0.25, -0.2) is 4.39 Å². The zero-order valence-electron chi connectivity index (χ0n) is 15.1. The quantitative estimate of drug-likeness (QED) is 0.827. The molecule has 2 aromatic carbocycles. The smallest absolute Gasteiger partial charge is 0.251 e. The van der Waals surface area contributed by atoms with Gasteiger partial charge in [-0.05, 0) is 68.5 Å². The fraction of sp³-hybridized carbons (Fsp3) is 0.350. The molecular formula is C20H25FN2O2. The molecule has 0 fully saturated rings. The summed E-state index contributed by atoms with van der Waals surface area (Å²) in [7, 11) is 4.02. The molecule has 0 aliphatic carbocycles. The molecule has 0 radical (unpaired) electrons.